The number of aryl methyl sites for hydroxylation is 1. The fourth-order valence-electron chi connectivity index (χ4n) is 1.14. The van der Waals surface area contributed by atoms with Gasteiger partial charge in [-0.15, -0.1) is 0 Å². The van der Waals surface area contributed by atoms with Crippen molar-refractivity contribution in [1.29, 1.82) is 0 Å². The molecular formula is C11H13FO2. The zero-order chi connectivity index (χ0) is 10.7. The minimum absolute atomic E-state index is 0.0336. The Balaban J connectivity index is 3.18. The summed E-state index contributed by atoms with van der Waals surface area (Å²) in [5.41, 5.74) is 0.730. The molecule has 0 radical (unpaired) electrons. The summed E-state index contributed by atoms with van der Waals surface area (Å²) in [6, 6.07) is 3.12. The van der Waals surface area contributed by atoms with E-state index >= 15 is 0 Å². The van der Waals surface area contributed by atoms with E-state index in [2.05, 4.69) is 0 Å². The summed E-state index contributed by atoms with van der Waals surface area (Å²) in [4.78, 5) is 10.5. The molecule has 0 saturated carbocycles. The first-order valence-corrected chi connectivity index (χ1v) is 4.47. The van der Waals surface area contributed by atoms with Crippen LogP contribution in [0, 0.1) is 12.7 Å². The number of carbonyl (C=O) groups is 1. The first-order valence-electron chi connectivity index (χ1n) is 4.47. The molecule has 0 bridgehead atoms. The molecule has 0 aromatic heterocycles. The first kappa shape index (κ1) is 10.7. The summed E-state index contributed by atoms with van der Waals surface area (Å²) < 4.78 is 18.8. The largest absolute Gasteiger partial charge is 0.488 e. The molecule has 1 aromatic carbocycles. The molecule has 0 aliphatic carbocycles. The lowest BCUT2D eigenvalue weighted by Gasteiger charge is -2.13. The smallest absolute Gasteiger partial charge is 0.175 e. The Morgan fingerprint density at radius 2 is 2.07 bits per heavy atom. The third kappa shape index (κ3) is 2.10. The molecular weight excluding hydrogens is 183 g/mol. The molecule has 0 saturated heterocycles. The second-order valence-electron chi connectivity index (χ2n) is 3.40. The maximum atomic E-state index is 13.5. The van der Waals surface area contributed by atoms with Crippen LogP contribution in [0.2, 0.25) is 0 Å². The molecule has 76 valence electrons. The average Bonchev–Trinajstić information content (AvgIpc) is 2.12. The van der Waals surface area contributed by atoms with Crippen molar-refractivity contribution < 1.29 is 13.9 Å². The van der Waals surface area contributed by atoms with Crippen molar-refractivity contribution >= 4 is 6.29 Å². The predicted molar refractivity (Wildman–Crippen MR) is 52.3 cm³/mol. The van der Waals surface area contributed by atoms with Gasteiger partial charge in [0.15, 0.2) is 17.9 Å². The first-order chi connectivity index (χ1) is 6.56. The van der Waals surface area contributed by atoms with Crippen molar-refractivity contribution in [3.63, 3.8) is 0 Å². The highest BCUT2D eigenvalue weighted by Gasteiger charge is 2.12. The minimum atomic E-state index is -0.575. The van der Waals surface area contributed by atoms with Gasteiger partial charge in [-0.3, -0.25) is 4.79 Å². The molecule has 0 atom stereocenters. The molecule has 0 fully saturated rings. The van der Waals surface area contributed by atoms with E-state index < -0.39 is 5.82 Å². The van der Waals surface area contributed by atoms with Gasteiger partial charge in [-0.1, -0.05) is 6.07 Å². The van der Waals surface area contributed by atoms with Gasteiger partial charge >= 0.3 is 0 Å². The average molecular weight is 196 g/mol. The number of carbonyl (C=O) groups excluding carboxylic acids is 1. The third-order valence-corrected chi connectivity index (χ3v) is 1.80. The van der Waals surface area contributed by atoms with Gasteiger partial charge in [-0.2, -0.15) is 0 Å². The van der Waals surface area contributed by atoms with Crippen LogP contribution in [-0.2, 0) is 0 Å². The van der Waals surface area contributed by atoms with Gasteiger partial charge < -0.3 is 4.74 Å². The number of benzene rings is 1. The lowest BCUT2D eigenvalue weighted by Crippen LogP contribution is -2.09. The van der Waals surface area contributed by atoms with E-state index in [0.29, 0.717) is 11.8 Å². The topological polar surface area (TPSA) is 26.3 Å². The van der Waals surface area contributed by atoms with Crippen molar-refractivity contribution in [3.05, 3.63) is 29.1 Å². The van der Waals surface area contributed by atoms with Crippen LogP contribution < -0.4 is 4.74 Å². The van der Waals surface area contributed by atoms with Crippen LogP contribution in [0.15, 0.2) is 12.1 Å². The highest BCUT2D eigenvalue weighted by atomic mass is 19.1. The van der Waals surface area contributed by atoms with Gasteiger partial charge in [-0.25, -0.2) is 4.39 Å². The van der Waals surface area contributed by atoms with Crippen molar-refractivity contribution in [2.75, 3.05) is 0 Å². The van der Waals surface area contributed by atoms with E-state index in [9.17, 15) is 9.18 Å². The normalized spacial score (nSPS) is 10.4. The highest BCUT2D eigenvalue weighted by Crippen LogP contribution is 2.25. The zero-order valence-electron chi connectivity index (χ0n) is 8.50. The number of hydrogen-bond acceptors (Lipinski definition) is 2. The predicted octanol–water partition coefficient (Wildman–Crippen LogP) is 2.73. The minimum Gasteiger partial charge on any atom is -0.488 e. The Kier molecular flexibility index (Phi) is 3.23. The van der Waals surface area contributed by atoms with E-state index in [-0.39, 0.29) is 17.4 Å². The van der Waals surface area contributed by atoms with Crippen LogP contribution >= 0.6 is 0 Å². The molecule has 14 heavy (non-hydrogen) atoms. The van der Waals surface area contributed by atoms with Crippen LogP contribution in [0.5, 0.6) is 5.75 Å². The van der Waals surface area contributed by atoms with Gasteiger partial charge in [0.2, 0.25) is 0 Å². The van der Waals surface area contributed by atoms with E-state index in [0.717, 1.165) is 0 Å². The number of rotatable bonds is 3. The molecule has 2 nitrogen and oxygen atoms in total. The molecule has 0 heterocycles. The zero-order valence-corrected chi connectivity index (χ0v) is 8.50. The number of hydrogen-bond donors (Lipinski definition) is 0. The van der Waals surface area contributed by atoms with E-state index in [4.69, 9.17) is 4.74 Å². The molecule has 1 aromatic rings. The van der Waals surface area contributed by atoms with E-state index in [1.807, 2.05) is 13.8 Å². The molecule has 0 aliphatic rings. The fourth-order valence-corrected chi connectivity index (χ4v) is 1.14. The fraction of sp³-hybridized carbons (Fsp3) is 0.364. The summed E-state index contributed by atoms with van der Waals surface area (Å²) in [5, 5.41) is 0. The summed E-state index contributed by atoms with van der Waals surface area (Å²) >= 11 is 0. The van der Waals surface area contributed by atoms with E-state index in [1.54, 1.807) is 13.0 Å². The van der Waals surface area contributed by atoms with Crippen molar-refractivity contribution in [3.8, 4) is 5.75 Å². The summed E-state index contributed by atoms with van der Waals surface area (Å²) in [6.07, 6.45) is 0.382. The number of aldehydes is 1. The molecule has 0 amide bonds. The van der Waals surface area contributed by atoms with Crippen LogP contribution in [0.1, 0.15) is 29.8 Å². The standard InChI is InChI=1S/C11H13FO2/c1-7(2)14-11-8(3)4-5-9(6-13)10(11)12/h4-7H,1-3H3. The lowest BCUT2D eigenvalue weighted by atomic mass is 10.1. The quantitative estimate of drug-likeness (QED) is 0.695. The second-order valence-corrected chi connectivity index (χ2v) is 3.40. The molecule has 0 N–H and O–H groups in total. The maximum absolute atomic E-state index is 13.5. The lowest BCUT2D eigenvalue weighted by molar-refractivity contribution is 0.111. The van der Waals surface area contributed by atoms with Crippen LogP contribution in [0.25, 0.3) is 0 Å². The van der Waals surface area contributed by atoms with Gasteiger partial charge in [0.1, 0.15) is 0 Å². The number of halogens is 1. The van der Waals surface area contributed by atoms with Crippen LogP contribution in [0.3, 0.4) is 0 Å². The number of ether oxygens (including phenoxy) is 1. The Bertz CT molecular complexity index is 345. The molecule has 0 unspecified atom stereocenters. The van der Waals surface area contributed by atoms with Gasteiger partial charge in [0.25, 0.3) is 0 Å². The van der Waals surface area contributed by atoms with Gasteiger partial charge in [0, 0.05) is 0 Å². The van der Waals surface area contributed by atoms with Crippen molar-refractivity contribution in [2.24, 2.45) is 0 Å². The molecule has 0 aliphatic heterocycles. The third-order valence-electron chi connectivity index (χ3n) is 1.80. The molecule has 3 heteroatoms. The SMILES string of the molecule is Cc1ccc(C=O)c(F)c1OC(C)C. The Morgan fingerprint density at radius 1 is 1.43 bits per heavy atom. The van der Waals surface area contributed by atoms with Gasteiger partial charge in [-0.05, 0) is 32.4 Å². The second kappa shape index (κ2) is 4.22. The Hall–Kier alpha value is -1.38. The van der Waals surface area contributed by atoms with Gasteiger partial charge in [0.05, 0.1) is 11.7 Å². The Morgan fingerprint density at radius 3 is 2.57 bits per heavy atom. The summed E-state index contributed by atoms with van der Waals surface area (Å²) in [5.74, 6) is -0.404. The maximum Gasteiger partial charge on any atom is 0.175 e. The summed E-state index contributed by atoms with van der Waals surface area (Å²) in [7, 11) is 0. The molecule has 1 rings (SSSR count). The van der Waals surface area contributed by atoms with Crippen molar-refractivity contribution in [2.45, 2.75) is 26.9 Å². The summed E-state index contributed by atoms with van der Waals surface area (Å²) in [6.45, 7) is 5.37. The van der Waals surface area contributed by atoms with E-state index in [1.165, 1.54) is 6.07 Å². The van der Waals surface area contributed by atoms with Crippen LogP contribution in [-0.4, -0.2) is 12.4 Å². The highest BCUT2D eigenvalue weighted by molar-refractivity contribution is 5.76. The molecule has 0 spiro atoms. The van der Waals surface area contributed by atoms with Crippen LogP contribution in [0.4, 0.5) is 4.39 Å². The monoisotopic (exact) mass is 196 g/mol. The Labute approximate surface area is 82.7 Å². The van der Waals surface area contributed by atoms with Crippen molar-refractivity contribution in [1.82, 2.24) is 0 Å².